The quantitative estimate of drug-likeness (QED) is 0.510. The molecule has 138 valence electrons. The molecule has 0 spiro atoms. The summed E-state index contributed by atoms with van der Waals surface area (Å²) in [5, 5.41) is 13.6. The maximum atomic E-state index is 10.9. The van der Waals surface area contributed by atoms with Crippen LogP contribution in [-0.2, 0) is 0 Å². The first-order valence-electron chi connectivity index (χ1n) is 8.32. The third kappa shape index (κ3) is 6.13. The zero-order valence-electron chi connectivity index (χ0n) is 14.3. The topological polar surface area (TPSA) is 49.3 Å². The monoisotopic (exact) mass is 421 g/mol. The van der Waals surface area contributed by atoms with Gasteiger partial charge in [-0.05, 0) is 65.2 Å². The van der Waals surface area contributed by atoms with Gasteiger partial charge in [0.15, 0.2) is 0 Å². The molecule has 0 saturated heterocycles. The van der Waals surface area contributed by atoms with Crippen molar-refractivity contribution in [3.63, 3.8) is 0 Å². The molecular formula is C22H18Cl2NNaO2. The Morgan fingerprint density at radius 2 is 1.21 bits per heavy atom. The van der Waals surface area contributed by atoms with E-state index in [4.69, 9.17) is 28.3 Å². The summed E-state index contributed by atoms with van der Waals surface area (Å²) in [6, 6.07) is 22.0. The van der Waals surface area contributed by atoms with E-state index in [-0.39, 0.29) is 35.1 Å². The van der Waals surface area contributed by atoms with Crippen molar-refractivity contribution in [1.29, 1.82) is 0 Å². The number of nitrogens with one attached hydrogen (secondary N) is 1. The van der Waals surface area contributed by atoms with E-state index < -0.39 is 5.97 Å². The van der Waals surface area contributed by atoms with Gasteiger partial charge in [-0.3, -0.25) is 0 Å². The summed E-state index contributed by atoms with van der Waals surface area (Å²) in [5.41, 5.74) is 4.26. The molecule has 0 atom stereocenters. The Kier molecular flexibility index (Phi) is 8.61. The van der Waals surface area contributed by atoms with Crippen LogP contribution in [0.5, 0.6) is 0 Å². The average Bonchev–Trinajstić information content (AvgIpc) is 2.67. The van der Waals surface area contributed by atoms with Gasteiger partial charge in [-0.1, -0.05) is 53.5 Å². The summed E-state index contributed by atoms with van der Waals surface area (Å²) < 4.78 is 0. The molecule has 3 aromatic rings. The Morgan fingerprint density at radius 3 is 1.64 bits per heavy atom. The number of carboxylic acids is 1. The normalized spacial score (nSPS) is 9.93. The van der Waals surface area contributed by atoms with Gasteiger partial charge in [0, 0.05) is 22.3 Å². The molecule has 3 rings (SSSR count). The molecule has 0 saturated carbocycles. The van der Waals surface area contributed by atoms with Crippen molar-refractivity contribution in [2.24, 2.45) is 0 Å². The summed E-state index contributed by atoms with van der Waals surface area (Å²) in [4.78, 5) is 10.9. The van der Waals surface area contributed by atoms with E-state index >= 15 is 0 Å². The van der Waals surface area contributed by atoms with Crippen LogP contribution in [0.4, 0.5) is 5.69 Å². The van der Waals surface area contributed by atoms with Crippen LogP contribution in [0.2, 0.25) is 10.0 Å². The fourth-order valence-electron chi connectivity index (χ4n) is 2.66. The average molecular weight is 422 g/mol. The van der Waals surface area contributed by atoms with Gasteiger partial charge < -0.3 is 10.4 Å². The Morgan fingerprint density at radius 1 is 0.786 bits per heavy atom. The maximum absolute atomic E-state index is 10.9. The predicted molar refractivity (Wildman–Crippen MR) is 119 cm³/mol. The molecular weight excluding hydrogens is 404 g/mol. The molecule has 0 aromatic heterocycles. The molecule has 2 N–H and O–H groups in total. The van der Waals surface area contributed by atoms with Crippen LogP contribution in [0, 0.1) is 0 Å². The molecule has 3 nitrogen and oxygen atoms in total. The van der Waals surface area contributed by atoms with Crippen molar-refractivity contribution in [3.05, 3.63) is 106 Å². The van der Waals surface area contributed by atoms with Gasteiger partial charge >= 0.3 is 35.5 Å². The SMILES string of the molecule is O=C(O)c1ccc(NCC=C(c2ccc(Cl)cc2)c2ccc(Cl)cc2)cc1.[NaH]. The van der Waals surface area contributed by atoms with Crippen LogP contribution < -0.4 is 5.32 Å². The Bertz CT molecular complexity index is 906. The molecule has 0 aliphatic rings. The van der Waals surface area contributed by atoms with Crippen molar-refractivity contribution < 1.29 is 9.90 Å². The summed E-state index contributed by atoms with van der Waals surface area (Å²) in [7, 11) is 0. The first kappa shape index (κ1) is 22.5. The molecule has 0 unspecified atom stereocenters. The number of carboxylic acid groups (broad SMARTS) is 1. The van der Waals surface area contributed by atoms with E-state index in [0.717, 1.165) is 22.4 Å². The number of anilines is 1. The van der Waals surface area contributed by atoms with Crippen molar-refractivity contribution in [2.45, 2.75) is 0 Å². The van der Waals surface area contributed by atoms with Crippen molar-refractivity contribution in [2.75, 3.05) is 11.9 Å². The second-order valence-corrected chi connectivity index (χ2v) is 6.77. The van der Waals surface area contributed by atoms with Gasteiger partial charge in [-0.2, -0.15) is 0 Å². The van der Waals surface area contributed by atoms with Gasteiger partial charge in [0.2, 0.25) is 0 Å². The number of hydrogen-bond donors (Lipinski definition) is 2. The minimum atomic E-state index is -0.936. The van der Waals surface area contributed by atoms with Crippen LogP contribution in [0.25, 0.3) is 5.57 Å². The number of rotatable bonds is 6. The Balaban J connectivity index is 0.00000280. The third-order valence-corrected chi connectivity index (χ3v) is 4.56. The van der Waals surface area contributed by atoms with E-state index in [9.17, 15) is 4.79 Å². The predicted octanol–water partition coefficient (Wildman–Crippen LogP) is 5.59. The fourth-order valence-corrected chi connectivity index (χ4v) is 2.91. The molecule has 0 heterocycles. The second kappa shape index (κ2) is 10.7. The van der Waals surface area contributed by atoms with Crippen molar-refractivity contribution in [1.82, 2.24) is 0 Å². The Labute approximate surface area is 196 Å². The summed E-state index contributed by atoms with van der Waals surface area (Å²) in [5.74, 6) is -0.936. The molecule has 0 radical (unpaired) electrons. The summed E-state index contributed by atoms with van der Waals surface area (Å²) in [6.07, 6.45) is 2.08. The number of benzene rings is 3. The van der Waals surface area contributed by atoms with Crippen LogP contribution >= 0.6 is 23.2 Å². The molecule has 3 aromatic carbocycles. The number of halogens is 2. The zero-order chi connectivity index (χ0) is 19.2. The number of hydrogen-bond acceptors (Lipinski definition) is 2. The van der Waals surface area contributed by atoms with Crippen LogP contribution in [0.3, 0.4) is 0 Å². The van der Waals surface area contributed by atoms with E-state index in [1.54, 1.807) is 24.3 Å². The van der Waals surface area contributed by atoms with E-state index in [2.05, 4.69) is 11.4 Å². The van der Waals surface area contributed by atoms with E-state index in [0.29, 0.717) is 16.6 Å². The first-order chi connectivity index (χ1) is 13.0. The molecule has 28 heavy (non-hydrogen) atoms. The van der Waals surface area contributed by atoms with Crippen LogP contribution in [0.1, 0.15) is 21.5 Å². The van der Waals surface area contributed by atoms with Gasteiger partial charge in [-0.25, -0.2) is 4.79 Å². The molecule has 0 fully saturated rings. The molecule has 0 amide bonds. The van der Waals surface area contributed by atoms with Crippen LogP contribution in [-0.4, -0.2) is 47.2 Å². The first-order valence-corrected chi connectivity index (χ1v) is 9.08. The summed E-state index contributed by atoms with van der Waals surface area (Å²) >= 11 is 12.0. The minimum absolute atomic E-state index is 0. The van der Waals surface area contributed by atoms with Gasteiger partial charge in [0.1, 0.15) is 0 Å². The molecule has 6 heteroatoms. The zero-order valence-corrected chi connectivity index (χ0v) is 15.8. The molecule has 0 aliphatic heterocycles. The standard InChI is InChI=1S/C22H17Cl2NO2.Na.H/c23-18-7-1-15(2-8-18)21(16-3-9-19(24)10-4-16)13-14-25-20-11-5-17(6-12-20)22(26)27;;/h1-13,25H,14H2,(H,26,27);;. The van der Waals surface area contributed by atoms with Gasteiger partial charge in [0.05, 0.1) is 5.56 Å². The summed E-state index contributed by atoms with van der Waals surface area (Å²) in [6.45, 7) is 0.576. The van der Waals surface area contributed by atoms with Gasteiger partial charge in [0.25, 0.3) is 0 Å². The Hall–Kier alpha value is -1.75. The van der Waals surface area contributed by atoms with E-state index in [1.165, 1.54) is 0 Å². The number of carbonyl (C=O) groups is 1. The van der Waals surface area contributed by atoms with Crippen LogP contribution in [0.15, 0.2) is 78.9 Å². The van der Waals surface area contributed by atoms with E-state index in [1.807, 2.05) is 48.5 Å². The van der Waals surface area contributed by atoms with Crippen molar-refractivity contribution >= 4 is 70.0 Å². The molecule has 0 aliphatic carbocycles. The number of aromatic carboxylic acids is 1. The second-order valence-electron chi connectivity index (χ2n) is 5.89. The van der Waals surface area contributed by atoms with Gasteiger partial charge in [-0.15, -0.1) is 0 Å². The van der Waals surface area contributed by atoms with Crippen molar-refractivity contribution in [3.8, 4) is 0 Å². The molecule has 0 bridgehead atoms. The fraction of sp³-hybridized carbons (Fsp3) is 0.0455. The third-order valence-electron chi connectivity index (χ3n) is 4.05.